The van der Waals surface area contributed by atoms with E-state index in [1.807, 2.05) is 4.90 Å². The Kier molecular flexibility index (Phi) is 5.25. The fraction of sp³-hybridized carbons (Fsp3) is 0.545. The lowest BCUT2D eigenvalue weighted by atomic mass is 9.94. The van der Waals surface area contributed by atoms with Crippen molar-refractivity contribution >= 4 is 22.6 Å². The first-order chi connectivity index (χ1) is 14.7. The van der Waals surface area contributed by atoms with Crippen LogP contribution in [-0.2, 0) is 11.3 Å². The summed E-state index contributed by atoms with van der Waals surface area (Å²) in [5.41, 5.74) is 3.88. The van der Waals surface area contributed by atoms with Crippen molar-refractivity contribution in [3.05, 3.63) is 35.4 Å². The summed E-state index contributed by atoms with van der Waals surface area (Å²) in [4.78, 5) is 17.5. The molecule has 1 aliphatic carbocycles. The Morgan fingerprint density at radius 3 is 2.77 bits per heavy atom. The molecule has 8 nitrogen and oxygen atoms in total. The SMILES string of the molecule is Cc1ccc2c(c1)cc(CN(C(=O)N1CCOCC1)C1CCCCC1)c1nnnn12. The van der Waals surface area contributed by atoms with Crippen molar-refractivity contribution in [1.82, 2.24) is 29.8 Å². The highest BCUT2D eigenvalue weighted by Gasteiger charge is 2.30. The lowest BCUT2D eigenvalue weighted by Gasteiger charge is -2.39. The van der Waals surface area contributed by atoms with Crippen molar-refractivity contribution in [2.75, 3.05) is 26.3 Å². The number of rotatable bonds is 3. The molecule has 1 saturated heterocycles. The van der Waals surface area contributed by atoms with Gasteiger partial charge in [0.15, 0.2) is 5.65 Å². The number of hydrogen-bond donors (Lipinski definition) is 0. The number of benzene rings is 1. The van der Waals surface area contributed by atoms with Crippen LogP contribution in [0, 0.1) is 6.92 Å². The van der Waals surface area contributed by atoms with E-state index in [1.165, 1.54) is 24.8 Å². The molecule has 1 saturated carbocycles. The summed E-state index contributed by atoms with van der Waals surface area (Å²) in [6.45, 7) is 5.13. The molecule has 1 aliphatic heterocycles. The largest absolute Gasteiger partial charge is 0.378 e. The van der Waals surface area contributed by atoms with Gasteiger partial charge in [-0.05, 0) is 48.4 Å². The molecule has 0 bridgehead atoms. The van der Waals surface area contributed by atoms with E-state index >= 15 is 0 Å². The Labute approximate surface area is 175 Å². The van der Waals surface area contributed by atoms with Crippen LogP contribution in [0.2, 0.25) is 0 Å². The maximum Gasteiger partial charge on any atom is 0.320 e. The van der Waals surface area contributed by atoms with Gasteiger partial charge < -0.3 is 14.5 Å². The van der Waals surface area contributed by atoms with Gasteiger partial charge in [-0.3, -0.25) is 0 Å². The third kappa shape index (κ3) is 3.60. The molecular weight excluding hydrogens is 380 g/mol. The molecule has 2 amide bonds. The quantitative estimate of drug-likeness (QED) is 0.665. The minimum absolute atomic E-state index is 0.111. The van der Waals surface area contributed by atoms with Crippen LogP contribution in [0.5, 0.6) is 0 Å². The molecule has 3 aromatic rings. The van der Waals surface area contributed by atoms with Gasteiger partial charge in [-0.15, -0.1) is 5.10 Å². The zero-order valence-electron chi connectivity index (χ0n) is 17.5. The van der Waals surface area contributed by atoms with Gasteiger partial charge in [0.1, 0.15) is 0 Å². The summed E-state index contributed by atoms with van der Waals surface area (Å²) in [5.74, 6) is 0. The second-order valence-electron chi connectivity index (χ2n) is 8.45. The number of urea groups is 1. The van der Waals surface area contributed by atoms with Gasteiger partial charge in [-0.25, -0.2) is 4.79 Å². The van der Waals surface area contributed by atoms with Gasteiger partial charge in [0.05, 0.1) is 25.3 Å². The number of aryl methyl sites for hydroxylation is 1. The maximum atomic E-state index is 13.5. The molecule has 30 heavy (non-hydrogen) atoms. The summed E-state index contributed by atoms with van der Waals surface area (Å²) in [6.07, 6.45) is 5.73. The number of pyridine rings is 1. The summed E-state index contributed by atoms with van der Waals surface area (Å²) < 4.78 is 7.25. The number of amides is 2. The van der Waals surface area contributed by atoms with E-state index in [2.05, 4.69) is 51.6 Å². The predicted molar refractivity (Wildman–Crippen MR) is 113 cm³/mol. The van der Waals surface area contributed by atoms with Gasteiger partial charge in [0.2, 0.25) is 0 Å². The first-order valence-electron chi connectivity index (χ1n) is 10.9. The standard InChI is InChI=1S/C22H28N6O2/c1-16-7-8-20-17(13-16)14-18(21-23-24-25-28(20)21)15-27(19-5-3-2-4-6-19)22(29)26-9-11-30-12-10-26/h7-8,13-14,19H,2-6,9-12,15H2,1H3. The summed E-state index contributed by atoms with van der Waals surface area (Å²) >= 11 is 0. The normalized spacial score (nSPS) is 18.2. The van der Waals surface area contributed by atoms with Crippen LogP contribution < -0.4 is 0 Å². The van der Waals surface area contributed by atoms with Crippen LogP contribution in [-0.4, -0.2) is 68.2 Å². The lowest BCUT2D eigenvalue weighted by molar-refractivity contribution is 0.0357. The maximum absolute atomic E-state index is 13.5. The molecule has 0 N–H and O–H groups in total. The number of ether oxygens (including phenoxy) is 1. The smallest absolute Gasteiger partial charge is 0.320 e. The number of carbonyl (C=O) groups is 1. The monoisotopic (exact) mass is 408 g/mol. The molecule has 1 aromatic carbocycles. The molecule has 2 aromatic heterocycles. The van der Waals surface area contributed by atoms with E-state index < -0.39 is 0 Å². The Morgan fingerprint density at radius 2 is 1.97 bits per heavy atom. The average molecular weight is 409 g/mol. The van der Waals surface area contributed by atoms with Gasteiger partial charge in [-0.1, -0.05) is 30.9 Å². The minimum atomic E-state index is 0.111. The lowest BCUT2D eigenvalue weighted by Crippen LogP contribution is -2.51. The summed E-state index contributed by atoms with van der Waals surface area (Å²) in [6, 6.07) is 8.79. The number of aromatic nitrogens is 4. The highest BCUT2D eigenvalue weighted by atomic mass is 16.5. The topological polar surface area (TPSA) is 75.9 Å². The van der Waals surface area contributed by atoms with Crippen molar-refractivity contribution in [3.63, 3.8) is 0 Å². The first kappa shape index (κ1) is 19.2. The first-order valence-corrected chi connectivity index (χ1v) is 10.9. The number of tetrazole rings is 1. The molecule has 0 atom stereocenters. The van der Waals surface area contributed by atoms with Gasteiger partial charge in [0, 0.05) is 30.1 Å². The van der Waals surface area contributed by atoms with Crippen LogP contribution in [0.15, 0.2) is 24.3 Å². The Morgan fingerprint density at radius 1 is 1.17 bits per heavy atom. The Bertz CT molecular complexity index is 1050. The van der Waals surface area contributed by atoms with Gasteiger partial charge >= 0.3 is 6.03 Å². The molecule has 8 heteroatoms. The third-order valence-corrected chi connectivity index (χ3v) is 6.38. The zero-order valence-corrected chi connectivity index (χ0v) is 17.5. The van der Waals surface area contributed by atoms with Crippen molar-refractivity contribution < 1.29 is 9.53 Å². The van der Waals surface area contributed by atoms with Crippen LogP contribution in [0.3, 0.4) is 0 Å². The number of morpholine rings is 1. The highest BCUT2D eigenvalue weighted by molar-refractivity contribution is 5.84. The third-order valence-electron chi connectivity index (χ3n) is 6.38. The molecule has 0 unspecified atom stereocenters. The van der Waals surface area contributed by atoms with E-state index in [0.29, 0.717) is 32.8 Å². The zero-order chi connectivity index (χ0) is 20.5. The molecule has 5 rings (SSSR count). The molecule has 3 heterocycles. The Hall–Kier alpha value is -2.74. The van der Waals surface area contributed by atoms with E-state index in [1.54, 1.807) is 4.52 Å². The van der Waals surface area contributed by atoms with Gasteiger partial charge in [0.25, 0.3) is 0 Å². The molecule has 0 spiro atoms. The second kappa shape index (κ2) is 8.18. The molecule has 0 radical (unpaired) electrons. The fourth-order valence-electron chi connectivity index (χ4n) is 4.77. The molecule has 2 aliphatic rings. The summed E-state index contributed by atoms with van der Waals surface area (Å²) in [7, 11) is 0. The molecule has 158 valence electrons. The van der Waals surface area contributed by atoms with E-state index in [9.17, 15) is 4.79 Å². The molecule has 2 fully saturated rings. The number of carbonyl (C=O) groups excluding carboxylic acids is 1. The van der Waals surface area contributed by atoms with Crippen LogP contribution >= 0.6 is 0 Å². The van der Waals surface area contributed by atoms with Crippen molar-refractivity contribution in [2.45, 2.75) is 51.6 Å². The van der Waals surface area contributed by atoms with Crippen molar-refractivity contribution in [3.8, 4) is 0 Å². The van der Waals surface area contributed by atoms with Crippen LogP contribution in [0.25, 0.3) is 16.6 Å². The Balaban J connectivity index is 1.53. The summed E-state index contributed by atoms with van der Waals surface area (Å²) in [5, 5.41) is 13.5. The predicted octanol–water partition coefficient (Wildman–Crippen LogP) is 3.17. The van der Waals surface area contributed by atoms with E-state index in [-0.39, 0.29) is 12.1 Å². The fourth-order valence-corrected chi connectivity index (χ4v) is 4.77. The number of hydrogen-bond acceptors (Lipinski definition) is 5. The van der Waals surface area contributed by atoms with Crippen LogP contribution in [0.1, 0.15) is 43.2 Å². The molecular formula is C22H28N6O2. The van der Waals surface area contributed by atoms with Crippen LogP contribution in [0.4, 0.5) is 4.79 Å². The van der Waals surface area contributed by atoms with Crippen molar-refractivity contribution in [2.24, 2.45) is 0 Å². The highest BCUT2D eigenvalue weighted by Crippen LogP contribution is 2.28. The number of fused-ring (bicyclic) bond motifs is 3. The minimum Gasteiger partial charge on any atom is -0.378 e. The second-order valence-corrected chi connectivity index (χ2v) is 8.45. The van der Waals surface area contributed by atoms with E-state index in [0.717, 1.165) is 35.0 Å². The van der Waals surface area contributed by atoms with E-state index in [4.69, 9.17) is 4.74 Å². The number of nitrogens with zero attached hydrogens (tertiary/aromatic N) is 6. The average Bonchev–Trinajstić information content (AvgIpc) is 3.28. The van der Waals surface area contributed by atoms with Crippen molar-refractivity contribution in [1.29, 1.82) is 0 Å². The van der Waals surface area contributed by atoms with Gasteiger partial charge in [-0.2, -0.15) is 4.52 Å².